The van der Waals surface area contributed by atoms with Crippen LogP contribution in [0.2, 0.25) is 0 Å². The van der Waals surface area contributed by atoms with Crippen LogP contribution >= 0.6 is 11.8 Å². The number of amides is 2. The lowest BCUT2D eigenvalue weighted by Gasteiger charge is -2.20. The normalized spacial score (nSPS) is 18.7. The molecule has 0 radical (unpaired) electrons. The van der Waals surface area contributed by atoms with E-state index >= 15 is 0 Å². The topological polar surface area (TPSA) is 248 Å². The van der Waals surface area contributed by atoms with Gasteiger partial charge in [-0.2, -0.15) is 0 Å². The summed E-state index contributed by atoms with van der Waals surface area (Å²) in [5.41, 5.74) is 4.47. The van der Waals surface area contributed by atoms with E-state index in [4.69, 9.17) is 21.2 Å². The number of carbonyl (C=O) groups excluding carboxylic acids is 2. The zero-order valence-corrected chi connectivity index (χ0v) is 17.2. The number of carbonyl (C=O) groups is 4. The van der Waals surface area contributed by atoms with Crippen molar-refractivity contribution in [3.63, 3.8) is 0 Å². The Morgan fingerprint density at radius 1 is 1.25 bits per heavy atom. The number of rotatable bonds is 12. The van der Waals surface area contributed by atoms with Gasteiger partial charge in [0.15, 0.2) is 0 Å². The summed E-state index contributed by atoms with van der Waals surface area (Å²) in [7, 11) is 0. The predicted molar refractivity (Wildman–Crippen MR) is 108 cm³/mol. The van der Waals surface area contributed by atoms with Crippen molar-refractivity contribution in [2.75, 3.05) is 12.3 Å². The van der Waals surface area contributed by atoms with Crippen molar-refractivity contribution in [1.82, 2.24) is 10.6 Å². The quantitative estimate of drug-likeness (QED) is 0.0779. The van der Waals surface area contributed by atoms with Crippen LogP contribution in [0.25, 0.3) is 0 Å². The third kappa shape index (κ3) is 8.60. The van der Waals surface area contributed by atoms with E-state index in [1.54, 1.807) is 0 Å². The van der Waals surface area contributed by atoms with Crippen molar-refractivity contribution in [3.05, 3.63) is 39.2 Å². The molecule has 16 heteroatoms. The largest absolute Gasteiger partial charge is 0.480 e. The molecule has 1 aliphatic rings. The molecule has 3 atom stereocenters. The number of carboxylic acid groups (broad SMARTS) is 2. The molecule has 32 heavy (non-hydrogen) atoms. The standard InChI is InChI=1S/C16H21N5O10S/c17-9(16(26)27)2-4-13(22)19-10(15(25)18-6-14(23)24)7-32-12-3-1-8(20(28)29)5-11(12)21(30)31/h1,3,5,9-10,12H,2,4,6-7,17H2,(H,18,25)(H,19,22)(H,23,24)(H,26,27)(H,28,29)/t9-,10-,12?/m0/s1. The lowest BCUT2D eigenvalue weighted by atomic mass is 10.1. The minimum absolute atomic E-state index is 0.219. The van der Waals surface area contributed by atoms with Crippen LogP contribution in [0.1, 0.15) is 12.8 Å². The minimum atomic E-state index is -1.34. The van der Waals surface area contributed by atoms with Gasteiger partial charge in [0.25, 0.3) is 11.4 Å². The van der Waals surface area contributed by atoms with E-state index in [1.807, 2.05) is 0 Å². The van der Waals surface area contributed by atoms with Crippen molar-refractivity contribution in [3.8, 4) is 0 Å². The second-order valence-corrected chi connectivity index (χ2v) is 7.53. The second kappa shape index (κ2) is 12.3. The van der Waals surface area contributed by atoms with Gasteiger partial charge >= 0.3 is 11.9 Å². The van der Waals surface area contributed by atoms with Crippen LogP contribution in [0.4, 0.5) is 0 Å². The van der Waals surface area contributed by atoms with Crippen molar-refractivity contribution in [1.29, 1.82) is 0 Å². The fourth-order valence-electron chi connectivity index (χ4n) is 2.33. The second-order valence-electron chi connectivity index (χ2n) is 6.35. The molecule has 0 aromatic rings. The van der Waals surface area contributed by atoms with Crippen molar-refractivity contribution >= 4 is 41.2 Å². The van der Waals surface area contributed by atoms with Gasteiger partial charge in [-0.25, -0.2) is 0 Å². The molecule has 0 saturated heterocycles. The van der Waals surface area contributed by atoms with Crippen LogP contribution in [-0.4, -0.2) is 84.3 Å². The van der Waals surface area contributed by atoms with Crippen molar-refractivity contribution < 1.29 is 44.4 Å². The van der Waals surface area contributed by atoms with Crippen molar-refractivity contribution in [2.24, 2.45) is 5.73 Å². The molecule has 7 N–H and O–H groups in total. The SMILES string of the molecule is N[C@@H](CCC(=O)N[C@@H](CSC1C=C/C(=[N+](/[O-])O)C=C1[N+](=O)[O-])C(=O)NCC(=O)O)C(=O)O. The highest BCUT2D eigenvalue weighted by atomic mass is 32.2. The summed E-state index contributed by atoms with van der Waals surface area (Å²) in [5.74, 6) is -4.51. The fourth-order valence-corrected chi connectivity index (χ4v) is 3.48. The predicted octanol–water partition coefficient (Wildman–Crippen LogP) is -1.96. The molecule has 1 unspecified atom stereocenters. The van der Waals surface area contributed by atoms with Crippen LogP contribution in [0, 0.1) is 15.3 Å². The molecule has 176 valence electrons. The molecule has 15 nitrogen and oxygen atoms in total. The first kappa shape index (κ1) is 26.4. The first-order valence-corrected chi connectivity index (χ1v) is 9.93. The smallest absolute Gasteiger partial charge is 0.322 e. The maximum atomic E-state index is 12.3. The van der Waals surface area contributed by atoms with Gasteiger partial charge in [0, 0.05) is 23.2 Å². The highest BCUT2D eigenvalue weighted by Crippen LogP contribution is 2.25. The molecule has 0 heterocycles. The number of nitrogens with two attached hydrogens (primary N) is 1. The van der Waals surface area contributed by atoms with Crippen LogP contribution in [0.15, 0.2) is 23.9 Å². The van der Waals surface area contributed by atoms with Crippen LogP contribution in [-0.2, 0) is 19.2 Å². The van der Waals surface area contributed by atoms with E-state index < -0.39 is 63.2 Å². The number of nitrogens with one attached hydrogen (secondary N) is 2. The van der Waals surface area contributed by atoms with E-state index in [1.165, 1.54) is 6.08 Å². The summed E-state index contributed by atoms with van der Waals surface area (Å²) >= 11 is 0.835. The summed E-state index contributed by atoms with van der Waals surface area (Å²) in [5, 5.41) is 52.0. The molecular formula is C16H21N5O10S. The number of carboxylic acids is 2. The summed E-state index contributed by atoms with van der Waals surface area (Å²) in [6.45, 7) is -0.739. The van der Waals surface area contributed by atoms with Crippen LogP contribution < -0.4 is 16.4 Å². The van der Waals surface area contributed by atoms with E-state index in [2.05, 4.69) is 10.6 Å². The van der Waals surface area contributed by atoms with Gasteiger partial charge in [0.2, 0.25) is 11.8 Å². The van der Waals surface area contributed by atoms with E-state index in [-0.39, 0.29) is 24.3 Å². The van der Waals surface area contributed by atoms with Gasteiger partial charge in [-0.05, 0) is 6.42 Å². The highest BCUT2D eigenvalue weighted by Gasteiger charge is 2.32. The molecule has 0 saturated carbocycles. The van der Waals surface area contributed by atoms with Gasteiger partial charge in [-0.15, -0.1) is 11.8 Å². The third-order valence-electron chi connectivity index (χ3n) is 3.97. The fraction of sp³-hybridized carbons (Fsp3) is 0.438. The number of allylic oxidation sites excluding steroid dienone is 2. The Hall–Kier alpha value is -3.66. The lowest BCUT2D eigenvalue weighted by Crippen LogP contribution is -2.49. The number of hydrogen-bond donors (Lipinski definition) is 6. The van der Waals surface area contributed by atoms with Gasteiger partial charge < -0.3 is 31.8 Å². The third-order valence-corrected chi connectivity index (χ3v) is 5.25. The molecule has 0 fully saturated rings. The Balaban J connectivity index is 2.89. The van der Waals surface area contributed by atoms with E-state index in [0.29, 0.717) is 0 Å². The first-order valence-electron chi connectivity index (χ1n) is 8.88. The summed E-state index contributed by atoms with van der Waals surface area (Å²) in [6, 6.07) is -2.61. The molecule has 0 bridgehead atoms. The molecular weight excluding hydrogens is 454 g/mol. The minimum Gasteiger partial charge on any atom is -0.480 e. The molecule has 2 amide bonds. The lowest BCUT2D eigenvalue weighted by molar-refractivity contribution is -0.725. The maximum absolute atomic E-state index is 12.3. The number of thioether (sulfide) groups is 1. The summed E-state index contributed by atoms with van der Waals surface area (Å²) < 4.78 is 0. The Bertz CT molecular complexity index is 867. The monoisotopic (exact) mass is 475 g/mol. The number of nitrogens with zero attached hydrogens (tertiary/aromatic N) is 2. The highest BCUT2D eigenvalue weighted by molar-refractivity contribution is 8.00. The molecule has 0 aromatic carbocycles. The zero-order valence-electron chi connectivity index (χ0n) is 16.4. The molecule has 0 aliphatic heterocycles. The molecule has 1 aliphatic carbocycles. The van der Waals surface area contributed by atoms with Crippen LogP contribution in [0.3, 0.4) is 0 Å². The Morgan fingerprint density at radius 2 is 1.91 bits per heavy atom. The molecule has 0 spiro atoms. The average Bonchev–Trinajstić information content (AvgIpc) is 2.72. The van der Waals surface area contributed by atoms with Gasteiger partial charge in [0.05, 0.1) is 11.0 Å². The molecule has 0 aromatic heterocycles. The summed E-state index contributed by atoms with van der Waals surface area (Å²) in [4.78, 5) is 55.7. The Kier molecular flexibility index (Phi) is 10.1. The van der Waals surface area contributed by atoms with Crippen LogP contribution in [0.5, 0.6) is 0 Å². The van der Waals surface area contributed by atoms with Gasteiger partial charge in [-0.3, -0.25) is 34.5 Å². The summed E-state index contributed by atoms with van der Waals surface area (Å²) in [6.07, 6.45) is 2.65. The van der Waals surface area contributed by atoms with Gasteiger partial charge in [-0.1, -0.05) is 6.08 Å². The van der Waals surface area contributed by atoms with Crippen molar-refractivity contribution in [2.45, 2.75) is 30.2 Å². The average molecular weight is 475 g/mol. The number of nitro groups is 1. The maximum Gasteiger partial charge on any atom is 0.322 e. The first-order chi connectivity index (χ1) is 14.9. The number of aliphatic carboxylic acids is 2. The van der Waals surface area contributed by atoms with E-state index in [9.17, 15) is 34.5 Å². The zero-order chi connectivity index (χ0) is 24.4. The number of hydrogen-bond acceptors (Lipinski definition) is 10. The van der Waals surface area contributed by atoms with E-state index in [0.717, 1.165) is 23.9 Å². The van der Waals surface area contributed by atoms with Gasteiger partial charge in [0.1, 0.15) is 23.9 Å². The Labute approximate surface area is 184 Å². The Morgan fingerprint density at radius 3 is 2.44 bits per heavy atom. The molecule has 1 rings (SSSR count).